The molecule has 29 heavy (non-hydrogen) atoms. The summed E-state index contributed by atoms with van der Waals surface area (Å²) in [5.41, 5.74) is 1.27. The molecule has 2 bridgehead atoms. The number of hydrogen-bond acceptors (Lipinski definition) is 5. The van der Waals surface area contributed by atoms with Gasteiger partial charge in [-0.25, -0.2) is 0 Å². The fourth-order valence-electron chi connectivity index (χ4n) is 5.04. The van der Waals surface area contributed by atoms with Crippen molar-refractivity contribution in [3.8, 4) is 0 Å². The summed E-state index contributed by atoms with van der Waals surface area (Å²) in [5.74, 6) is -1.14. The van der Waals surface area contributed by atoms with Crippen LogP contribution >= 0.6 is 11.6 Å². The van der Waals surface area contributed by atoms with Gasteiger partial charge >= 0.3 is 5.97 Å². The van der Waals surface area contributed by atoms with E-state index >= 15 is 0 Å². The first-order chi connectivity index (χ1) is 13.9. The lowest BCUT2D eigenvalue weighted by Gasteiger charge is -2.19. The molecule has 8 heteroatoms. The van der Waals surface area contributed by atoms with Crippen LogP contribution in [-0.2, 0) is 23.9 Å². The van der Waals surface area contributed by atoms with E-state index < -0.39 is 18.5 Å². The zero-order chi connectivity index (χ0) is 20.7. The third kappa shape index (κ3) is 3.64. The minimum atomic E-state index is -0.622. The van der Waals surface area contributed by atoms with Gasteiger partial charge in [-0.3, -0.25) is 24.1 Å². The molecule has 2 saturated carbocycles. The quantitative estimate of drug-likeness (QED) is 0.566. The normalized spacial score (nSPS) is 27.3. The van der Waals surface area contributed by atoms with Crippen LogP contribution in [0.1, 0.15) is 31.2 Å². The van der Waals surface area contributed by atoms with Gasteiger partial charge < -0.3 is 10.1 Å². The number of carbonyl (C=O) groups is 4. The van der Waals surface area contributed by atoms with Crippen molar-refractivity contribution < 1.29 is 23.9 Å². The van der Waals surface area contributed by atoms with Crippen molar-refractivity contribution in [2.45, 2.75) is 32.6 Å². The molecule has 4 rings (SSSR count). The van der Waals surface area contributed by atoms with Gasteiger partial charge in [0.15, 0.2) is 6.61 Å². The summed E-state index contributed by atoms with van der Waals surface area (Å²) < 4.78 is 4.99. The van der Waals surface area contributed by atoms with Gasteiger partial charge in [0.1, 0.15) is 0 Å². The van der Waals surface area contributed by atoms with Crippen LogP contribution in [0, 0.1) is 30.6 Å². The lowest BCUT2D eigenvalue weighted by atomic mass is 9.81. The van der Waals surface area contributed by atoms with Crippen LogP contribution in [0.5, 0.6) is 0 Å². The van der Waals surface area contributed by atoms with E-state index in [1.54, 1.807) is 25.1 Å². The van der Waals surface area contributed by atoms with E-state index in [9.17, 15) is 19.2 Å². The van der Waals surface area contributed by atoms with Crippen molar-refractivity contribution in [2.24, 2.45) is 23.7 Å². The van der Waals surface area contributed by atoms with Gasteiger partial charge in [-0.2, -0.15) is 0 Å². The Bertz CT molecular complexity index is 858. The number of benzene rings is 1. The Kier molecular flexibility index (Phi) is 5.34. The smallest absolute Gasteiger partial charge is 0.308 e. The van der Waals surface area contributed by atoms with E-state index in [2.05, 4.69) is 5.32 Å². The standard InChI is InChI=1S/C21H23ClN2O5/c1-11-14(22)3-2-4-15(11)23-16(25)10-29-17(26)7-8-24-20(27)18-12-5-6-13(9-12)19(18)21(24)28/h2-4,12-13,18-19H,5-10H2,1H3,(H,23,25)/t12-,13+,18-,19+. The number of carbonyl (C=O) groups excluding carboxylic acids is 4. The van der Waals surface area contributed by atoms with Crippen molar-refractivity contribution >= 4 is 41.0 Å². The maximum Gasteiger partial charge on any atom is 0.308 e. The van der Waals surface area contributed by atoms with Crippen molar-refractivity contribution in [3.05, 3.63) is 28.8 Å². The number of hydrogen-bond donors (Lipinski definition) is 1. The molecule has 1 aliphatic heterocycles. The second-order valence-corrected chi connectivity index (χ2v) is 8.49. The molecule has 3 aliphatic rings. The first kappa shape index (κ1) is 19.9. The average Bonchev–Trinajstić information content (AvgIpc) is 3.37. The van der Waals surface area contributed by atoms with E-state index in [0.717, 1.165) is 24.8 Å². The number of nitrogens with one attached hydrogen (secondary N) is 1. The lowest BCUT2D eigenvalue weighted by Crippen LogP contribution is -2.35. The number of esters is 1. The van der Waals surface area contributed by atoms with Crippen molar-refractivity contribution in [1.82, 2.24) is 4.90 Å². The first-order valence-electron chi connectivity index (χ1n) is 9.92. The highest BCUT2D eigenvalue weighted by atomic mass is 35.5. The van der Waals surface area contributed by atoms with E-state index in [0.29, 0.717) is 22.5 Å². The van der Waals surface area contributed by atoms with Gasteiger partial charge in [0, 0.05) is 17.3 Å². The van der Waals surface area contributed by atoms with Crippen molar-refractivity contribution in [2.75, 3.05) is 18.5 Å². The molecule has 4 atom stereocenters. The maximum atomic E-state index is 12.6. The number of ether oxygens (including phenoxy) is 1. The largest absolute Gasteiger partial charge is 0.456 e. The van der Waals surface area contributed by atoms with E-state index in [-0.39, 0.29) is 36.6 Å². The second-order valence-electron chi connectivity index (χ2n) is 8.08. The topological polar surface area (TPSA) is 92.8 Å². The number of likely N-dealkylation sites (tertiary alicyclic amines) is 1. The Morgan fingerprint density at radius 2 is 1.83 bits per heavy atom. The highest BCUT2D eigenvalue weighted by molar-refractivity contribution is 6.31. The molecule has 0 radical (unpaired) electrons. The summed E-state index contributed by atoms with van der Waals surface area (Å²) >= 11 is 6.01. The summed E-state index contributed by atoms with van der Waals surface area (Å²) in [7, 11) is 0. The number of amides is 3. The summed E-state index contributed by atoms with van der Waals surface area (Å²) in [6.45, 7) is 1.34. The Morgan fingerprint density at radius 1 is 1.17 bits per heavy atom. The predicted octanol–water partition coefficient (Wildman–Crippen LogP) is 2.55. The highest BCUT2D eigenvalue weighted by Crippen LogP contribution is 2.56. The molecule has 7 nitrogen and oxygen atoms in total. The Balaban J connectivity index is 1.24. The molecule has 154 valence electrons. The van der Waals surface area contributed by atoms with Gasteiger partial charge in [-0.05, 0) is 55.7 Å². The van der Waals surface area contributed by atoms with Gasteiger partial charge in [0.05, 0.1) is 18.3 Å². The Hall–Kier alpha value is -2.41. The maximum absolute atomic E-state index is 12.6. The Labute approximate surface area is 173 Å². The van der Waals surface area contributed by atoms with Gasteiger partial charge in [0.25, 0.3) is 5.91 Å². The molecule has 1 saturated heterocycles. The van der Waals surface area contributed by atoms with Gasteiger partial charge in [0.2, 0.25) is 11.8 Å². The van der Waals surface area contributed by atoms with Crippen LogP contribution in [-0.4, -0.2) is 41.7 Å². The predicted molar refractivity (Wildman–Crippen MR) is 105 cm³/mol. The fraction of sp³-hybridized carbons (Fsp3) is 0.524. The molecule has 3 amide bonds. The van der Waals surface area contributed by atoms with E-state index in [1.807, 2.05) is 0 Å². The van der Waals surface area contributed by atoms with E-state index in [4.69, 9.17) is 16.3 Å². The molecular formula is C21H23ClN2O5. The zero-order valence-corrected chi connectivity index (χ0v) is 16.9. The second kappa shape index (κ2) is 7.78. The fourth-order valence-corrected chi connectivity index (χ4v) is 5.22. The summed E-state index contributed by atoms with van der Waals surface area (Å²) in [4.78, 5) is 50.4. The monoisotopic (exact) mass is 418 g/mol. The molecular weight excluding hydrogens is 396 g/mol. The highest BCUT2D eigenvalue weighted by Gasteiger charge is 2.60. The zero-order valence-electron chi connectivity index (χ0n) is 16.2. The first-order valence-corrected chi connectivity index (χ1v) is 10.3. The number of nitrogens with zero attached hydrogens (tertiary/aromatic N) is 1. The number of rotatable bonds is 6. The molecule has 0 aromatic heterocycles. The minimum absolute atomic E-state index is 0.0119. The molecule has 1 heterocycles. The van der Waals surface area contributed by atoms with Crippen molar-refractivity contribution in [1.29, 1.82) is 0 Å². The molecule has 0 unspecified atom stereocenters. The molecule has 3 fully saturated rings. The molecule has 1 N–H and O–H groups in total. The van der Waals surface area contributed by atoms with Crippen LogP contribution in [0.3, 0.4) is 0 Å². The number of anilines is 1. The van der Waals surface area contributed by atoms with Crippen LogP contribution in [0.4, 0.5) is 5.69 Å². The van der Waals surface area contributed by atoms with Crippen LogP contribution in [0.15, 0.2) is 18.2 Å². The van der Waals surface area contributed by atoms with Crippen molar-refractivity contribution in [3.63, 3.8) is 0 Å². The van der Waals surface area contributed by atoms with E-state index in [1.165, 1.54) is 4.90 Å². The van der Waals surface area contributed by atoms with Gasteiger partial charge in [-0.15, -0.1) is 0 Å². The lowest BCUT2D eigenvalue weighted by molar-refractivity contribution is -0.149. The minimum Gasteiger partial charge on any atom is -0.456 e. The third-order valence-electron chi connectivity index (χ3n) is 6.46. The summed E-state index contributed by atoms with van der Waals surface area (Å²) in [6, 6.07) is 5.13. The molecule has 0 spiro atoms. The van der Waals surface area contributed by atoms with Crippen LogP contribution in [0.25, 0.3) is 0 Å². The van der Waals surface area contributed by atoms with Crippen LogP contribution < -0.4 is 5.32 Å². The SMILES string of the molecule is Cc1c(Cl)cccc1NC(=O)COC(=O)CCN1C(=O)[C@@H]2[C@@H]3CC[C@@H](C3)[C@@H]2C1=O. The summed E-state index contributed by atoms with van der Waals surface area (Å²) in [5, 5.41) is 3.17. The van der Waals surface area contributed by atoms with Crippen LogP contribution in [0.2, 0.25) is 5.02 Å². The molecule has 2 aliphatic carbocycles. The number of halogens is 1. The number of fused-ring (bicyclic) bond motifs is 5. The third-order valence-corrected chi connectivity index (χ3v) is 6.87. The molecule has 1 aromatic carbocycles. The summed E-state index contributed by atoms with van der Waals surface area (Å²) in [6.07, 6.45) is 2.89. The average molecular weight is 419 g/mol. The molecule has 1 aromatic rings. The van der Waals surface area contributed by atoms with Gasteiger partial charge in [-0.1, -0.05) is 17.7 Å². The Morgan fingerprint density at radius 3 is 2.48 bits per heavy atom. The number of imide groups is 1.